The van der Waals surface area contributed by atoms with Crippen molar-refractivity contribution >= 4 is 45.9 Å². The van der Waals surface area contributed by atoms with E-state index in [9.17, 15) is 9.59 Å². The Kier molecular flexibility index (Phi) is 8.09. The van der Waals surface area contributed by atoms with E-state index in [0.29, 0.717) is 22.2 Å². The molecular formula is C25H24ClNO4S. The predicted molar refractivity (Wildman–Crippen MR) is 131 cm³/mol. The normalized spacial score (nSPS) is 10.9. The minimum absolute atomic E-state index is 0.235. The van der Waals surface area contributed by atoms with Gasteiger partial charge in [0.25, 0.3) is 0 Å². The third kappa shape index (κ3) is 5.78. The molecular weight excluding hydrogens is 446 g/mol. The van der Waals surface area contributed by atoms with E-state index in [1.54, 1.807) is 25.1 Å². The molecule has 1 aromatic heterocycles. The van der Waals surface area contributed by atoms with Gasteiger partial charge < -0.3 is 14.8 Å². The first-order valence-corrected chi connectivity index (χ1v) is 11.4. The number of carbonyl (C=O) groups is 2. The lowest BCUT2D eigenvalue weighted by Crippen LogP contribution is -2.12. The molecule has 0 aliphatic carbocycles. The van der Waals surface area contributed by atoms with Gasteiger partial charge in [0.2, 0.25) is 5.91 Å². The van der Waals surface area contributed by atoms with E-state index in [0.717, 1.165) is 27.3 Å². The number of hydrogen-bond acceptors (Lipinski definition) is 5. The van der Waals surface area contributed by atoms with Crippen molar-refractivity contribution in [2.45, 2.75) is 20.8 Å². The molecule has 0 aliphatic heterocycles. The van der Waals surface area contributed by atoms with Crippen molar-refractivity contribution in [2.75, 3.05) is 18.5 Å². The number of ether oxygens (including phenoxy) is 2. The molecule has 0 aliphatic rings. The van der Waals surface area contributed by atoms with Gasteiger partial charge in [0.1, 0.15) is 16.3 Å². The molecule has 3 rings (SSSR count). The molecule has 0 fully saturated rings. The largest absolute Gasteiger partial charge is 0.494 e. The second-order valence-corrected chi connectivity index (χ2v) is 8.45. The number of aryl methyl sites for hydroxylation is 1. The fourth-order valence-electron chi connectivity index (χ4n) is 3.16. The molecule has 0 atom stereocenters. The lowest BCUT2D eigenvalue weighted by molar-refractivity contribution is -0.111. The lowest BCUT2D eigenvalue weighted by Gasteiger charge is -2.08. The summed E-state index contributed by atoms with van der Waals surface area (Å²) in [5, 5.41) is 3.89. The molecule has 1 N–H and O–H groups in total. The molecule has 3 aromatic rings. The maximum atomic E-state index is 12.8. The van der Waals surface area contributed by atoms with Crippen LogP contribution in [0.2, 0.25) is 5.02 Å². The molecule has 0 unspecified atom stereocenters. The summed E-state index contributed by atoms with van der Waals surface area (Å²) < 4.78 is 10.7. The molecule has 32 heavy (non-hydrogen) atoms. The standard InChI is InChI=1S/C25H24ClNO4S/c1-4-30-20-13-6-17(7-14-20)8-15-21(28)27-24-23(25(29)31-5-2)22(16(3)32-24)18-9-11-19(26)12-10-18/h6-15H,4-5H2,1-3H3,(H,27,28). The Morgan fingerprint density at radius 2 is 1.72 bits per heavy atom. The zero-order chi connectivity index (χ0) is 23.1. The van der Waals surface area contributed by atoms with Crippen molar-refractivity contribution in [3.8, 4) is 16.9 Å². The minimum Gasteiger partial charge on any atom is -0.494 e. The van der Waals surface area contributed by atoms with Crippen LogP contribution in [0.4, 0.5) is 5.00 Å². The van der Waals surface area contributed by atoms with Crippen LogP contribution in [0.5, 0.6) is 5.75 Å². The number of amides is 1. The number of halogens is 1. The Morgan fingerprint density at radius 3 is 2.34 bits per heavy atom. The Balaban J connectivity index is 1.86. The van der Waals surface area contributed by atoms with E-state index in [2.05, 4.69) is 5.32 Å². The fraction of sp³-hybridized carbons (Fsp3) is 0.200. The van der Waals surface area contributed by atoms with Crippen molar-refractivity contribution in [3.63, 3.8) is 0 Å². The van der Waals surface area contributed by atoms with Gasteiger partial charge in [-0.2, -0.15) is 0 Å². The number of benzene rings is 2. The average molecular weight is 470 g/mol. The Morgan fingerprint density at radius 1 is 1.03 bits per heavy atom. The van der Waals surface area contributed by atoms with Crippen LogP contribution in [0.3, 0.4) is 0 Å². The van der Waals surface area contributed by atoms with Crippen LogP contribution in [0.25, 0.3) is 17.2 Å². The molecule has 1 amide bonds. The molecule has 2 aromatic carbocycles. The van der Waals surface area contributed by atoms with Crippen LogP contribution >= 0.6 is 22.9 Å². The van der Waals surface area contributed by atoms with Crippen LogP contribution in [0, 0.1) is 6.92 Å². The van der Waals surface area contributed by atoms with E-state index in [-0.39, 0.29) is 12.5 Å². The first-order chi connectivity index (χ1) is 15.4. The molecule has 0 spiro atoms. The number of thiophene rings is 1. The second-order valence-electron chi connectivity index (χ2n) is 6.79. The first kappa shape index (κ1) is 23.6. The molecule has 5 nitrogen and oxygen atoms in total. The smallest absolute Gasteiger partial charge is 0.341 e. The number of carbonyl (C=O) groups excluding carboxylic acids is 2. The monoisotopic (exact) mass is 469 g/mol. The maximum Gasteiger partial charge on any atom is 0.341 e. The summed E-state index contributed by atoms with van der Waals surface area (Å²) in [6, 6.07) is 14.7. The van der Waals surface area contributed by atoms with Gasteiger partial charge in [-0.1, -0.05) is 35.9 Å². The Labute approximate surface area is 196 Å². The number of anilines is 1. The van der Waals surface area contributed by atoms with Crippen LogP contribution in [0.1, 0.15) is 34.6 Å². The number of rotatable bonds is 8. The Bertz CT molecular complexity index is 1120. The summed E-state index contributed by atoms with van der Waals surface area (Å²) >= 11 is 7.35. The molecule has 7 heteroatoms. The van der Waals surface area contributed by atoms with Gasteiger partial charge in [-0.05, 0) is 62.2 Å². The zero-order valence-corrected chi connectivity index (χ0v) is 19.7. The lowest BCUT2D eigenvalue weighted by atomic mass is 10.0. The fourth-order valence-corrected chi connectivity index (χ4v) is 4.36. The van der Waals surface area contributed by atoms with Crippen LogP contribution in [0.15, 0.2) is 54.6 Å². The highest BCUT2D eigenvalue weighted by atomic mass is 35.5. The molecule has 0 bridgehead atoms. The van der Waals surface area contributed by atoms with Crippen LogP contribution < -0.4 is 10.1 Å². The Hall–Kier alpha value is -3.09. The SMILES string of the molecule is CCOC(=O)c1c(NC(=O)C=Cc2ccc(OCC)cc2)sc(C)c1-c1ccc(Cl)cc1. The summed E-state index contributed by atoms with van der Waals surface area (Å²) in [6.07, 6.45) is 3.14. The highest BCUT2D eigenvalue weighted by molar-refractivity contribution is 7.17. The highest BCUT2D eigenvalue weighted by Crippen LogP contribution is 2.40. The molecule has 0 saturated carbocycles. The van der Waals surface area contributed by atoms with Gasteiger partial charge >= 0.3 is 5.97 Å². The van der Waals surface area contributed by atoms with E-state index >= 15 is 0 Å². The van der Waals surface area contributed by atoms with Crippen molar-refractivity contribution in [2.24, 2.45) is 0 Å². The van der Waals surface area contributed by atoms with Crippen LogP contribution in [-0.4, -0.2) is 25.1 Å². The van der Waals surface area contributed by atoms with Crippen molar-refractivity contribution in [3.05, 3.63) is 75.6 Å². The average Bonchev–Trinajstić information content (AvgIpc) is 3.09. The summed E-state index contributed by atoms with van der Waals surface area (Å²) in [6.45, 7) is 6.41. The maximum absolute atomic E-state index is 12.8. The van der Waals surface area contributed by atoms with Crippen LogP contribution in [-0.2, 0) is 9.53 Å². The van der Waals surface area contributed by atoms with E-state index in [1.165, 1.54) is 17.4 Å². The third-order valence-corrected chi connectivity index (χ3v) is 5.82. The van der Waals surface area contributed by atoms with E-state index < -0.39 is 5.97 Å². The predicted octanol–water partition coefficient (Wildman–Crippen LogP) is 6.60. The quantitative estimate of drug-likeness (QED) is 0.298. The summed E-state index contributed by atoms with van der Waals surface area (Å²) in [7, 11) is 0. The van der Waals surface area contributed by atoms with E-state index in [4.69, 9.17) is 21.1 Å². The van der Waals surface area contributed by atoms with Crippen molar-refractivity contribution in [1.82, 2.24) is 0 Å². The summed E-state index contributed by atoms with van der Waals surface area (Å²) in [5.41, 5.74) is 2.77. The van der Waals surface area contributed by atoms with Gasteiger partial charge in [0.05, 0.1) is 13.2 Å². The first-order valence-electron chi connectivity index (χ1n) is 10.2. The summed E-state index contributed by atoms with van der Waals surface area (Å²) in [4.78, 5) is 26.3. The van der Waals surface area contributed by atoms with Gasteiger partial charge in [-0.25, -0.2) is 4.79 Å². The summed E-state index contributed by atoms with van der Waals surface area (Å²) in [5.74, 6) is -0.0436. The van der Waals surface area contributed by atoms with Gasteiger partial charge in [-0.3, -0.25) is 4.79 Å². The van der Waals surface area contributed by atoms with Gasteiger partial charge in [0.15, 0.2) is 0 Å². The van der Waals surface area contributed by atoms with Gasteiger partial charge in [-0.15, -0.1) is 11.3 Å². The third-order valence-electron chi connectivity index (χ3n) is 4.55. The second kappa shape index (κ2) is 11.0. The molecule has 166 valence electrons. The highest BCUT2D eigenvalue weighted by Gasteiger charge is 2.25. The minimum atomic E-state index is -0.479. The van der Waals surface area contributed by atoms with E-state index in [1.807, 2.05) is 50.2 Å². The van der Waals surface area contributed by atoms with Crippen molar-refractivity contribution < 1.29 is 19.1 Å². The molecule has 0 saturated heterocycles. The number of hydrogen-bond donors (Lipinski definition) is 1. The molecule has 1 heterocycles. The van der Waals surface area contributed by atoms with Crippen molar-refractivity contribution in [1.29, 1.82) is 0 Å². The topological polar surface area (TPSA) is 64.6 Å². The molecule has 0 radical (unpaired) electrons. The number of nitrogens with one attached hydrogen (secondary N) is 1. The zero-order valence-electron chi connectivity index (χ0n) is 18.1. The number of esters is 1. The van der Waals surface area contributed by atoms with Gasteiger partial charge in [0, 0.05) is 21.5 Å².